The molecule has 1 aromatic rings. The number of carbonyl (C=O) groups is 1. The largest absolute Gasteiger partial charge is 0.466 e. The van der Waals surface area contributed by atoms with Gasteiger partial charge in [-0.1, -0.05) is 37.6 Å². The molecule has 24 heavy (non-hydrogen) atoms. The van der Waals surface area contributed by atoms with Crippen LogP contribution in [0, 0.1) is 26.7 Å². The molecule has 0 amide bonds. The zero-order chi connectivity index (χ0) is 18.2. The van der Waals surface area contributed by atoms with E-state index in [1.54, 1.807) is 6.08 Å². The molecule has 0 saturated carbocycles. The van der Waals surface area contributed by atoms with Gasteiger partial charge in [0.15, 0.2) is 0 Å². The third-order valence-electron chi connectivity index (χ3n) is 4.30. The fourth-order valence-corrected chi connectivity index (χ4v) is 5.67. The van der Waals surface area contributed by atoms with E-state index in [1.807, 2.05) is 46.8 Å². The molecule has 1 unspecified atom stereocenters. The van der Waals surface area contributed by atoms with Crippen molar-refractivity contribution in [3.8, 4) is 0 Å². The number of aryl methyl sites for hydroxylation is 3. The first-order valence-corrected chi connectivity index (χ1v) is 9.42. The van der Waals surface area contributed by atoms with Gasteiger partial charge in [0.05, 0.1) is 18.0 Å². The van der Waals surface area contributed by atoms with Crippen LogP contribution < -0.4 is 0 Å². The van der Waals surface area contributed by atoms with Gasteiger partial charge in [0, 0.05) is 12.1 Å². The molecule has 5 nitrogen and oxygen atoms in total. The van der Waals surface area contributed by atoms with Gasteiger partial charge in [-0.2, -0.15) is 4.31 Å². The van der Waals surface area contributed by atoms with E-state index in [1.165, 1.54) is 17.5 Å². The van der Waals surface area contributed by atoms with Gasteiger partial charge in [0.25, 0.3) is 0 Å². The summed E-state index contributed by atoms with van der Waals surface area (Å²) in [4.78, 5) is 11.7. The summed E-state index contributed by atoms with van der Waals surface area (Å²) in [5.74, 6) is -0.331. The molecule has 1 heterocycles. The van der Waals surface area contributed by atoms with Crippen molar-refractivity contribution in [2.75, 3.05) is 7.11 Å². The summed E-state index contributed by atoms with van der Waals surface area (Å²) in [6.07, 6.45) is 2.91. The first kappa shape index (κ1) is 18.7. The van der Waals surface area contributed by atoms with Crippen LogP contribution in [0.4, 0.5) is 0 Å². The molecule has 2 rings (SSSR count). The molecule has 1 aliphatic rings. The van der Waals surface area contributed by atoms with E-state index in [4.69, 9.17) is 0 Å². The van der Waals surface area contributed by atoms with Crippen LogP contribution >= 0.6 is 0 Å². The molecule has 1 saturated heterocycles. The molecule has 0 spiro atoms. The molecule has 0 bridgehead atoms. The van der Waals surface area contributed by atoms with E-state index in [-0.39, 0.29) is 18.0 Å². The van der Waals surface area contributed by atoms with Crippen molar-refractivity contribution in [2.24, 2.45) is 5.92 Å². The highest BCUT2D eigenvalue weighted by atomic mass is 32.2. The van der Waals surface area contributed by atoms with E-state index < -0.39 is 16.0 Å². The normalized spacial score (nSPS) is 23.7. The van der Waals surface area contributed by atoms with Crippen molar-refractivity contribution in [3.05, 3.63) is 41.0 Å². The second-order valence-electron chi connectivity index (χ2n) is 6.67. The zero-order valence-corrected chi connectivity index (χ0v) is 15.8. The lowest BCUT2D eigenvalue weighted by atomic mass is 10.1. The minimum atomic E-state index is -3.61. The average Bonchev–Trinajstić information content (AvgIpc) is 3.18. The van der Waals surface area contributed by atoms with E-state index in [9.17, 15) is 13.2 Å². The van der Waals surface area contributed by atoms with Gasteiger partial charge in [-0.15, -0.1) is 0 Å². The highest BCUT2D eigenvalue weighted by molar-refractivity contribution is 7.89. The Balaban J connectivity index is 2.42. The molecule has 132 valence electrons. The predicted molar refractivity (Wildman–Crippen MR) is 93.2 cm³/mol. The van der Waals surface area contributed by atoms with Crippen LogP contribution in [0.1, 0.15) is 30.5 Å². The number of rotatable bonds is 5. The fraction of sp³-hybridized carbons (Fsp3) is 0.500. The summed E-state index contributed by atoms with van der Waals surface area (Å²) in [7, 11) is -2.31. The predicted octanol–water partition coefficient (Wildman–Crippen LogP) is 2.74. The zero-order valence-electron chi connectivity index (χ0n) is 15.0. The third-order valence-corrected chi connectivity index (χ3v) is 6.50. The number of hydrogen-bond donors (Lipinski definition) is 0. The molecular formula is C18H25NO4S. The Kier molecular flexibility index (Phi) is 5.20. The molecule has 1 aliphatic heterocycles. The summed E-state index contributed by atoms with van der Waals surface area (Å²) < 4.78 is 32.4. The molecular weight excluding hydrogens is 326 g/mol. The maximum absolute atomic E-state index is 13.2. The van der Waals surface area contributed by atoms with E-state index in [0.29, 0.717) is 4.90 Å². The lowest BCUT2D eigenvalue weighted by Gasteiger charge is -2.14. The van der Waals surface area contributed by atoms with Crippen molar-refractivity contribution in [1.29, 1.82) is 0 Å². The van der Waals surface area contributed by atoms with Crippen LogP contribution in [0.5, 0.6) is 0 Å². The Bertz CT molecular complexity index is 757. The third kappa shape index (κ3) is 3.39. The van der Waals surface area contributed by atoms with Gasteiger partial charge in [0.1, 0.15) is 0 Å². The van der Waals surface area contributed by atoms with Crippen LogP contribution in [-0.2, 0) is 19.6 Å². The Hall–Kier alpha value is -1.66. The Morgan fingerprint density at radius 3 is 2.21 bits per heavy atom. The lowest BCUT2D eigenvalue weighted by molar-refractivity contribution is -0.134. The van der Waals surface area contributed by atoms with Crippen molar-refractivity contribution in [2.45, 2.75) is 51.6 Å². The maximum Gasteiger partial charge on any atom is 0.330 e. The number of carbonyl (C=O) groups excluding carboxylic acids is 1. The van der Waals surface area contributed by atoms with Gasteiger partial charge < -0.3 is 4.74 Å². The van der Waals surface area contributed by atoms with Gasteiger partial charge in [-0.05, 0) is 37.8 Å². The molecule has 0 N–H and O–H groups in total. The maximum atomic E-state index is 13.2. The Morgan fingerprint density at radius 2 is 1.75 bits per heavy atom. The van der Waals surface area contributed by atoms with Gasteiger partial charge >= 0.3 is 5.97 Å². The fourth-order valence-electron chi connectivity index (χ4n) is 3.38. The summed E-state index contributed by atoms with van der Waals surface area (Å²) in [5.41, 5.74) is 2.53. The minimum absolute atomic E-state index is 0.143. The molecule has 0 radical (unpaired) electrons. The smallest absolute Gasteiger partial charge is 0.330 e. The highest BCUT2D eigenvalue weighted by Gasteiger charge is 2.55. The number of esters is 1. The second kappa shape index (κ2) is 6.69. The quantitative estimate of drug-likeness (QED) is 0.465. The summed E-state index contributed by atoms with van der Waals surface area (Å²) in [6.45, 7) is 9.55. The number of methoxy groups -OCH3 is 1. The number of sulfonamides is 1. The highest BCUT2D eigenvalue weighted by Crippen LogP contribution is 2.42. The standard InChI is InChI=1S/C18H25NO4S/c1-11(2)17-15(7-8-16(20)23-6)19(17)24(21,22)18-13(4)9-12(3)10-14(18)5/h7-11,15,17H,1-6H3/b8-7+/t15-,17-,19?/m0/s1. The lowest BCUT2D eigenvalue weighted by Crippen LogP contribution is -2.19. The summed E-state index contributed by atoms with van der Waals surface area (Å²) in [6, 6.07) is 3.31. The molecule has 3 atom stereocenters. The van der Waals surface area contributed by atoms with Crippen LogP contribution in [-0.4, -0.2) is 37.9 Å². The summed E-state index contributed by atoms with van der Waals surface area (Å²) in [5, 5.41) is 0. The number of benzene rings is 1. The first-order chi connectivity index (χ1) is 11.1. The molecule has 0 aromatic heterocycles. The first-order valence-electron chi connectivity index (χ1n) is 7.98. The van der Waals surface area contributed by atoms with Gasteiger partial charge in [0.2, 0.25) is 10.0 Å². The van der Waals surface area contributed by atoms with Gasteiger partial charge in [-0.25, -0.2) is 13.2 Å². The van der Waals surface area contributed by atoms with E-state index in [0.717, 1.165) is 16.7 Å². The number of nitrogens with zero attached hydrogens (tertiary/aromatic N) is 1. The topological polar surface area (TPSA) is 63.5 Å². The van der Waals surface area contributed by atoms with Crippen molar-refractivity contribution < 1.29 is 17.9 Å². The van der Waals surface area contributed by atoms with Crippen molar-refractivity contribution in [1.82, 2.24) is 4.31 Å². The minimum Gasteiger partial charge on any atom is -0.466 e. The van der Waals surface area contributed by atoms with Crippen LogP contribution in [0.2, 0.25) is 0 Å². The molecule has 6 heteroatoms. The molecule has 1 fully saturated rings. The monoisotopic (exact) mass is 351 g/mol. The Morgan fingerprint density at radius 1 is 1.21 bits per heavy atom. The number of ether oxygens (including phenoxy) is 1. The number of hydrogen-bond acceptors (Lipinski definition) is 4. The molecule has 0 aliphatic carbocycles. The van der Waals surface area contributed by atoms with Crippen molar-refractivity contribution in [3.63, 3.8) is 0 Å². The van der Waals surface area contributed by atoms with E-state index in [2.05, 4.69) is 4.74 Å². The van der Waals surface area contributed by atoms with Gasteiger partial charge in [-0.3, -0.25) is 0 Å². The van der Waals surface area contributed by atoms with Crippen molar-refractivity contribution >= 4 is 16.0 Å². The van der Waals surface area contributed by atoms with Crippen LogP contribution in [0.3, 0.4) is 0 Å². The Labute approximate surface area is 144 Å². The summed E-state index contributed by atoms with van der Waals surface area (Å²) >= 11 is 0. The SMILES string of the molecule is COC(=O)/C=C/[C@H]1[C@H](C(C)C)N1S(=O)(=O)c1c(C)cc(C)cc1C. The van der Waals surface area contributed by atoms with Crippen LogP contribution in [0.15, 0.2) is 29.2 Å². The van der Waals surface area contributed by atoms with Crippen LogP contribution in [0.25, 0.3) is 0 Å². The molecule has 1 aromatic carbocycles. The second-order valence-corrected chi connectivity index (χ2v) is 8.45. The average molecular weight is 351 g/mol. The van der Waals surface area contributed by atoms with E-state index >= 15 is 0 Å².